The topological polar surface area (TPSA) is 29.1 Å². The molecule has 126 valence electrons. The second-order valence-corrected chi connectivity index (χ2v) is 7.60. The first-order valence-electron chi connectivity index (χ1n) is 9.65. The van der Waals surface area contributed by atoms with Crippen LogP contribution in [0.1, 0.15) is 84.0 Å². The van der Waals surface area contributed by atoms with E-state index in [1.165, 1.54) is 83.1 Å². The summed E-state index contributed by atoms with van der Waals surface area (Å²) in [5.74, 6) is 2.91. The van der Waals surface area contributed by atoms with E-state index >= 15 is 0 Å². The summed E-state index contributed by atoms with van der Waals surface area (Å²) >= 11 is 0. The van der Waals surface area contributed by atoms with Crippen molar-refractivity contribution in [2.24, 2.45) is 17.8 Å². The number of unbranched alkanes of at least 4 members (excludes halogenated alkanes) is 2. The molecular weight excluding hydrogens is 270 g/mol. The van der Waals surface area contributed by atoms with E-state index in [1.54, 1.807) is 0 Å². The summed E-state index contributed by atoms with van der Waals surface area (Å²) in [7, 11) is 0. The largest absolute Gasteiger partial charge is 0.350 e. The maximum Gasteiger partial charge on any atom is 0.243 e. The standard InChI is InChI=1S/C20H35NO/c1-3-5-6-7-16-8-10-17(11-9-16)18-12-14-19(15-13-18)21-20(22)4-2/h4,16-19H,2-3,5-15H2,1H3,(H,21,22). The van der Waals surface area contributed by atoms with Gasteiger partial charge in [-0.15, -0.1) is 0 Å². The second kappa shape index (κ2) is 9.37. The fourth-order valence-electron chi connectivity index (χ4n) is 4.63. The Kier molecular flexibility index (Phi) is 7.48. The highest BCUT2D eigenvalue weighted by atomic mass is 16.1. The zero-order valence-corrected chi connectivity index (χ0v) is 14.5. The van der Waals surface area contributed by atoms with E-state index in [0.717, 1.165) is 17.8 Å². The molecule has 1 amide bonds. The summed E-state index contributed by atoms with van der Waals surface area (Å²) in [6.07, 6.45) is 17.9. The van der Waals surface area contributed by atoms with E-state index in [-0.39, 0.29) is 5.91 Å². The van der Waals surface area contributed by atoms with Crippen molar-refractivity contribution < 1.29 is 4.79 Å². The zero-order valence-electron chi connectivity index (χ0n) is 14.5. The van der Waals surface area contributed by atoms with Crippen LogP contribution in [0.5, 0.6) is 0 Å². The highest BCUT2D eigenvalue weighted by Crippen LogP contribution is 2.41. The average Bonchev–Trinajstić information content (AvgIpc) is 2.56. The van der Waals surface area contributed by atoms with Gasteiger partial charge in [-0.2, -0.15) is 0 Å². The van der Waals surface area contributed by atoms with Crippen molar-refractivity contribution in [3.63, 3.8) is 0 Å². The number of rotatable bonds is 7. The lowest BCUT2D eigenvalue weighted by Gasteiger charge is -2.38. The minimum Gasteiger partial charge on any atom is -0.350 e. The maximum atomic E-state index is 11.4. The van der Waals surface area contributed by atoms with E-state index < -0.39 is 0 Å². The first-order valence-corrected chi connectivity index (χ1v) is 9.65. The van der Waals surface area contributed by atoms with Crippen molar-refractivity contribution in [1.82, 2.24) is 5.32 Å². The van der Waals surface area contributed by atoms with Crippen LogP contribution >= 0.6 is 0 Å². The van der Waals surface area contributed by atoms with Gasteiger partial charge in [-0.3, -0.25) is 4.79 Å². The SMILES string of the molecule is C=CC(=O)NC1CCC(C2CCC(CCCCC)CC2)CC1. The highest BCUT2D eigenvalue weighted by Gasteiger charge is 2.30. The molecular formula is C20H35NO. The van der Waals surface area contributed by atoms with Gasteiger partial charge in [0, 0.05) is 6.04 Å². The van der Waals surface area contributed by atoms with Gasteiger partial charge in [0.2, 0.25) is 5.91 Å². The van der Waals surface area contributed by atoms with E-state index in [9.17, 15) is 4.79 Å². The van der Waals surface area contributed by atoms with Crippen molar-refractivity contribution in [3.8, 4) is 0 Å². The van der Waals surface area contributed by atoms with Crippen LogP contribution in [0.15, 0.2) is 12.7 Å². The van der Waals surface area contributed by atoms with Crippen molar-refractivity contribution in [2.75, 3.05) is 0 Å². The number of carbonyl (C=O) groups excluding carboxylic acids is 1. The molecule has 0 bridgehead atoms. The normalized spacial score (nSPS) is 32.4. The summed E-state index contributed by atoms with van der Waals surface area (Å²) in [4.78, 5) is 11.4. The third-order valence-electron chi connectivity index (χ3n) is 6.08. The van der Waals surface area contributed by atoms with Gasteiger partial charge in [0.05, 0.1) is 0 Å². The van der Waals surface area contributed by atoms with Crippen LogP contribution in [0.3, 0.4) is 0 Å². The van der Waals surface area contributed by atoms with Gasteiger partial charge < -0.3 is 5.32 Å². The molecule has 0 unspecified atom stereocenters. The van der Waals surface area contributed by atoms with Gasteiger partial charge in [0.1, 0.15) is 0 Å². The Balaban J connectivity index is 1.64. The van der Waals surface area contributed by atoms with Crippen LogP contribution in [0.25, 0.3) is 0 Å². The summed E-state index contributed by atoms with van der Waals surface area (Å²) in [5.41, 5.74) is 0. The quantitative estimate of drug-likeness (QED) is 0.506. The summed E-state index contributed by atoms with van der Waals surface area (Å²) in [5, 5.41) is 3.07. The summed E-state index contributed by atoms with van der Waals surface area (Å²) in [6.45, 7) is 5.83. The molecule has 0 atom stereocenters. The molecule has 2 heteroatoms. The second-order valence-electron chi connectivity index (χ2n) is 7.60. The lowest BCUT2D eigenvalue weighted by Crippen LogP contribution is -2.38. The van der Waals surface area contributed by atoms with Gasteiger partial charge in [-0.05, 0) is 62.4 Å². The molecule has 2 aliphatic rings. The molecule has 2 rings (SSSR count). The van der Waals surface area contributed by atoms with E-state index in [0.29, 0.717) is 6.04 Å². The Morgan fingerprint density at radius 3 is 2.14 bits per heavy atom. The van der Waals surface area contributed by atoms with Gasteiger partial charge in [-0.25, -0.2) is 0 Å². The molecule has 2 fully saturated rings. The number of amides is 1. The molecule has 2 saturated carbocycles. The predicted octanol–water partition coefficient (Wildman–Crippen LogP) is 5.23. The number of nitrogens with one attached hydrogen (secondary N) is 1. The molecule has 0 spiro atoms. The van der Waals surface area contributed by atoms with Crippen LogP contribution < -0.4 is 5.32 Å². The average molecular weight is 306 g/mol. The maximum absolute atomic E-state index is 11.4. The molecule has 2 aliphatic carbocycles. The Labute approximate surface area is 137 Å². The molecule has 0 aromatic carbocycles. The molecule has 0 aliphatic heterocycles. The monoisotopic (exact) mass is 305 g/mol. The first-order chi connectivity index (χ1) is 10.7. The lowest BCUT2D eigenvalue weighted by molar-refractivity contribution is -0.117. The number of hydrogen-bond acceptors (Lipinski definition) is 1. The fraction of sp³-hybridized carbons (Fsp3) is 0.850. The van der Waals surface area contributed by atoms with Crippen LogP contribution in [0, 0.1) is 17.8 Å². The molecule has 2 nitrogen and oxygen atoms in total. The van der Waals surface area contributed by atoms with E-state index in [2.05, 4.69) is 18.8 Å². The predicted molar refractivity (Wildman–Crippen MR) is 93.7 cm³/mol. The molecule has 0 aromatic rings. The van der Waals surface area contributed by atoms with Gasteiger partial charge >= 0.3 is 0 Å². The first kappa shape index (κ1) is 17.6. The minimum absolute atomic E-state index is 0.00367. The highest BCUT2D eigenvalue weighted by molar-refractivity contribution is 5.87. The Morgan fingerprint density at radius 1 is 1.00 bits per heavy atom. The third-order valence-corrected chi connectivity index (χ3v) is 6.08. The van der Waals surface area contributed by atoms with Crippen LogP contribution in [0.2, 0.25) is 0 Å². The minimum atomic E-state index is -0.00367. The van der Waals surface area contributed by atoms with Gasteiger partial charge in [0.15, 0.2) is 0 Å². The van der Waals surface area contributed by atoms with E-state index in [4.69, 9.17) is 0 Å². The van der Waals surface area contributed by atoms with Crippen molar-refractivity contribution in [1.29, 1.82) is 0 Å². The van der Waals surface area contributed by atoms with Crippen LogP contribution in [-0.2, 0) is 4.79 Å². The van der Waals surface area contributed by atoms with Crippen LogP contribution in [0.4, 0.5) is 0 Å². The zero-order chi connectivity index (χ0) is 15.8. The van der Waals surface area contributed by atoms with Crippen LogP contribution in [-0.4, -0.2) is 11.9 Å². The van der Waals surface area contributed by atoms with Gasteiger partial charge in [-0.1, -0.05) is 52.0 Å². The van der Waals surface area contributed by atoms with E-state index in [1.807, 2.05) is 0 Å². The third kappa shape index (κ3) is 5.44. The lowest BCUT2D eigenvalue weighted by atomic mass is 9.69. The molecule has 1 N–H and O–H groups in total. The van der Waals surface area contributed by atoms with Crippen molar-refractivity contribution >= 4 is 5.91 Å². The smallest absolute Gasteiger partial charge is 0.243 e. The number of hydrogen-bond donors (Lipinski definition) is 1. The molecule has 0 aromatic heterocycles. The summed E-state index contributed by atoms with van der Waals surface area (Å²) in [6, 6.07) is 0.395. The Morgan fingerprint density at radius 2 is 1.59 bits per heavy atom. The molecule has 22 heavy (non-hydrogen) atoms. The molecule has 0 radical (unpaired) electrons. The van der Waals surface area contributed by atoms with Crippen molar-refractivity contribution in [3.05, 3.63) is 12.7 Å². The Hall–Kier alpha value is -0.790. The molecule has 0 saturated heterocycles. The van der Waals surface area contributed by atoms with Gasteiger partial charge in [0.25, 0.3) is 0 Å². The van der Waals surface area contributed by atoms with Crippen molar-refractivity contribution in [2.45, 2.75) is 90.0 Å². The molecule has 0 heterocycles. The fourth-order valence-corrected chi connectivity index (χ4v) is 4.63. The Bertz CT molecular complexity index is 336. The summed E-state index contributed by atoms with van der Waals surface area (Å²) < 4.78 is 0. The number of carbonyl (C=O) groups is 1.